The molecule has 7 heteroatoms. The summed E-state index contributed by atoms with van der Waals surface area (Å²) in [6.07, 6.45) is 1.56. The molecule has 1 aliphatic rings. The number of hydrogen-bond donors (Lipinski definition) is 0. The summed E-state index contributed by atoms with van der Waals surface area (Å²) in [5, 5.41) is 8.93. The average Bonchev–Trinajstić information content (AvgIpc) is 3.30. The second-order valence-corrected chi connectivity index (χ2v) is 8.07. The van der Waals surface area contributed by atoms with Crippen LogP contribution in [0.25, 0.3) is 17.4 Å². The molecule has 4 rings (SSSR count). The van der Waals surface area contributed by atoms with Gasteiger partial charge in [-0.25, -0.2) is 0 Å². The summed E-state index contributed by atoms with van der Waals surface area (Å²) >= 11 is 4.33. The second kappa shape index (κ2) is 8.11. The SMILES string of the molecule is N#Cc1ccccc1-c1ccc(C=C2SC(=O)N(Cc3ccccc3Br)C2=O)o1. The van der Waals surface area contributed by atoms with Gasteiger partial charge in [0.1, 0.15) is 11.5 Å². The Kier molecular flexibility index (Phi) is 5.38. The number of nitrogens with zero attached hydrogens (tertiary/aromatic N) is 2. The predicted molar refractivity (Wildman–Crippen MR) is 115 cm³/mol. The number of halogens is 1. The number of carbonyl (C=O) groups is 2. The Bertz CT molecular complexity index is 1190. The molecule has 1 aliphatic heterocycles. The number of rotatable bonds is 4. The lowest BCUT2D eigenvalue weighted by Crippen LogP contribution is -2.27. The molecular weight excluding hydrogens is 452 g/mol. The van der Waals surface area contributed by atoms with Gasteiger partial charge in [-0.3, -0.25) is 14.5 Å². The minimum Gasteiger partial charge on any atom is -0.457 e. The Morgan fingerprint density at radius 2 is 1.83 bits per heavy atom. The molecule has 0 N–H and O–H groups in total. The summed E-state index contributed by atoms with van der Waals surface area (Å²) in [5.74, 6) is 0.617. The molecule has 0 saturated carbocycles. The van der Waals surface area contributed by atoms with Crippen molar-refractivity contribution in [1.29, 1.82) is 5.26 Å². The van der Waals surface area contributed by atoms with Gasteiger partial charge in [0, 0.05) is 16.1 Å². The fourth-order valence-corrected chi connectivity index (χ4v) is 4.16. The van der Waals surface area contributed by atoms with Gasteiger partial charge in [0.2, 0.25) is 0 Å². The van der Waals surface area contributed by atoms with Crippen LogP contribution in [0.5, 0.6) is 0 Å². The Balaban J connectivity index is 1.58. The van der Waals surface area contributed by atoms with Crippen LogP contribution in [0.15, 0.2) is 74.5 Å². The lowest BCUT2D eigenvalue weighted by atomic mass is 10.1. The smallest absolute Gasteiger partial charge is 0.293 e. The minimum atomic E-state index is -0.355. The molecule has 3 aromatic rings. The topological polar surface area (TPSA) is 74.3 Å². The Labute approximate surface area is 179 Å². The van der Waals surface area contributed by atoms with E-state index < -0.39 is 0 Å². The highest BCUT2D eigenvalue weighted by molar-refractivity contribution is 9.10. The molecule has 0 spiro atoms. The van der Waals surface area contributed by atoms with Crippen molar-refractivity contribution in [1.82, 2.24) is 4.90 Å². The largest absolute Gasteiger partial charge is 0.457 e. The van der Waals surface area contributed by atoms with Crippen LogP contribution in [0.3, 0.4) is 0 Å². The number of hydrogen-bond acceptors (Lipinski definition) is 5. The van der Waals surface area contributed by atoms with Gasteiger partial charge in [0.15, 0.2) is 0 Å². The quantitative estimate of drug-likeness (QED) is 0.454. The molecule has 142 valence electrons. The van der Waals surface area contributed by atoms with Crippen LogP contribution in [-0.2, 0) is 11.3 Å². The third-order valence-electron chi connectivity index (χ3n) is 4.37. The summed E-state index contributed by atoms with van der Waals surface area (Å²) in [5.41, 5.74) is 2.03. The van der Waals surface area contributed by atoms with Gasteiger partial charge in [-0.2, -0.15) is 5.26 Å². The normalized spacial score (nSPS) is 15.2. The molecule has 2 amide bonds. The van der Waals surface area contributed by atoms with Crippen molar-refractivity contribution in [2.24, 2.45) is 0 Å². The number of amides is 2. The van der Waals surface area contributed by atoms with Gasteiger partial charge in [0.25, 0.3) is 11.1 Å². The maximum atomic E-state index is 12.7. The molecule has 0 aliphatic carbocycles. The van der Waals surface area contributed by atoms with Crippen molar-refractivity contribution in [2.45, 2.75) is 6.54 Å². The first kappa shape index (κ1) is 19.2. The van der Waals surface area contributed by atoms with E-state index in [2.05, 4.69) is 22.0 Å². The molecule has 2 aromatic carbocycles. The van der Waals surface area contributed by atoms with Crippen LogP contribution in [0.4, 0.5) is 4.79 Å². The maximum absolute atomic E-state index is 12.7. The van der Waals surface area contributed by atoms with E-state index in [0.29, 0.717) is 27.6 Å². The van der Waals surface area contributed by atoms with Crippen LogP contribution < -0.4 is 0 Å². The third-order valence-corrected chi connectivity index (χ3v) is 6.05. The Morgan fingerprint density at radius 1 is 1.07 bits per heavy atom. The van der Waals surface area contributed by atoms with Crippen LogP contribution >= 0.6 is 27.7 Å². The highest BCUT2D eigenvalue weighted by Gasteiger charge is 2.35. The fraction of sp³-hybridized carbons (Fsp3) is 0.0455. The lowest BCUT2D eigenvalue weighted by molar-refractivity contribution is -0.123. The Morgan fingerprint density at radius 3 is 2.62 bits per heavy atom. The maximum Gasteiger partial charge on any atom is 0.293 e. The molecule has 5 nitrogen and oxygen atoms in total. The van der Waals surface area contributed by atoms with Crippen molar-refractivity contribution in [3.8, 4) is 17.4 Å². The molecule has 0 bridgehead atoms. The molecule has 29 heavy (non-hydrogen) atoms. The van der Waals surface area contributed by atoms with Crippen molar-refractivity contribution in [3.63, 3.8) is 0 Å². The van der Waals surface area contributed by atoms with Crippen molar-refractivity contribution < 1.29 is 14.0 Å². The fourth-order valence-electron chi connectivity index (χ4n) is 2.93. The zero-order valence-electron chi connectivity index (χ0n) is 15.0. The van der Waals surface area contributed by atoms with Crippen molar-refractivity contribution >= 4 is 44.9 Å². The van der Waals surface area contributed by atoms with Crippen LogP contribution in [0.2, 0.25) is 0 Å². The van der Waals surface area contributed by atoms with E-state index in [1.54, 1.807) is 36.4 Å². The molecule has 0 radical (unpaired) electrons. The molecule has 1 fully saturated rings. The highest BCUT2D eigenvalue weighted by Crippen LogP contribution is 2.35. The van der Waals surface area contributed by atoms with Gasteiger partial charge in [-0.1, -0.05) is 46.3 Å². The summed E-state index contributed by atoms with van der Waals surface area (Å²) < 4.78 is 6.64. The summed E-state index contributed by atoms with van der Waals surface area (Å²) in [6, 6.07) is 20.2. The molecule has 0 unspecified atom stereocenters. The number of furan rings is 1. The average molecular weight is 465 g/mol. The number of benzene rings is 2. The van der Waals surface area contributed by atoms with Gasteiger partial charge in [-0.05, 0) is 47.7 Å². The van der Waals surface area contributed by atoms with Gasteiger partial charge >= 0.3 is 0 Å². The zero-order valence-corrected chi connectivity index (χ0v) is 17.4. The number of carbonyl (C=O) groups excluding carboxylic acids is 2. The van der Waals surface area contributed by atoms with Gasteiger partial charge < -0.3 is 4.42 Å². The molecule has 1 aromatic heterocycles. The van der Waals surface area contributed by atoms with E-state index in [4.69, 9.17) is 4.42 Å². The predicted octanol–water partition coefficient (Wildman–Crippen LogP) is 5.82. The van der Waals surface area contributed by atoms with Gasteiger partial charge in [-0.15, -0.1) is 0 Å². The number of thioether (sulfide) groups is 1. The first-order valence-electron chi connectivity index (χ1n) is 8.65. The molecule has 0 atom stereocenters. The summed E-state index contributed by atoms with van der Waals surface area (Å²) in [7, 11) is 0. The summed E-state index contributed by atoms with van der Waals surface area (Å²) in [4.78, 5) is 26.6. The van der Waals surface area contributed by atoms with Gasteiger partial charge in [0.05, 0.1) is 23.1 Å². The first-order chi connectivity index (χ1) is 14.1. The standard InChI is InChI=1S/C22H13BrN2O3S/c23-18-8-4-2-6-15(18)13-25-21(26)20(29-22(25)27)11-16-9-10-19(28-16)17-7-3-1-5-14(17)12-24/h1-11H,13H2. The molecular formula is C22H13BrN2O3S. The van der Waals surface area contributed by atoms with E-state index in [0.717, 1.165) is 21.8 Å². The van der Waals surface area contributed by atoms with Crippen LogP contribution in [-0.4, -0.2) is 16.0 Å². The number of imide groups is 1. The minimum absolute atomic E-state index is 0.197. The van der Waals surface area contributed by atoms with Crippen LogP contribution in [0, 0.1) is 11.3 Å². The van der Waals surface area contributed by atoms with E-state index >= 15 is 0 Å². The second-order valence-electron chi connectivity index (χ2n) is 6.22. The van der Waals surface area contributed by atoms with E-state index in [1.807, 2.05) is 30.3 Å². The summed E-state index contributed by atoms with van der Waals surface area (Å²) in [6.45, 7) is 0.197. The zero-order chi connectivity index (χ0) is 20.4. The molecule has 1 saturated heterocycles. The van der Waals surface area contributed by atoms with Crippen molar-refractivity contribution in [2.75, 3.05) is 0 Å². The van der Waals surface area contributed by atoms with Crippen LogP contribution in [0.1, 0.15) is 16.9 Å². The highest BCUT2D eigenvalue weighted by atomic mass is 79.9. The van der Waals surface area contributed by atoms with E-state index in [1.165, 1.54) is 4.90 Å². The number of nitriles is 1. The molecule has 2 heterocycles. The monoisotopic (exact) mass is 464 g/mol. The first-order valence-corrected chi connectivity index (χ1v) is 10.3. The lowest BCUT2D eigenvalue weighted by Gasteiger charge is -2.13. The van der Waals surface area contributed by atoms with E-state index in [-0.39, 0.29) is 17.7 Å². The van der Waals surface area contributed by atoms with E-state index in [9.17, 15) is 14.9 Å². The Hall–Kier alpha value is -3.08. The third kappa shape index (κ3) is 3.90. The van der Waals surface area contributed by atoms with Crippen molar-refractivity contribution in [3.05, 3.63) is 86.9 Å².